The van der Waals surface area contributed by atoms with E-state index in [-0.39, 0.29) is 11.5 Å². The van der Waals surface area contributed by atoms with Gasteiger partial charge in [-0.15, -0.1) is 0 Å². The molecule has 2 unspecified atom stereocenters. The summed E-state index contributed by atoms with van der Waals surface area (Å²) in [7, 11) is -1.21. The van der Waals surface area contributed by atoms with Gasteiger partial charge in [0.2, 0.25) is 0 Å². The zero-order valence-electron chi connectivity index (χ0n) is 7.71. The second-order valence-electron chi connectivity index (χ2n) is 4.18. The minimum atomic E-state index is -1.21. The number of hydrogen-bond donors (Lipinski definition) is 1. The molecule has 1 saturated heterocycles. The molecule has 0 bridgehead atoms. The van der Waals surface area contributed by atoms with E-state index >= 15 is 0 Å². The molecule has 0 aromatic rings. The topological polar surface area (TPSA) is 52.3 Å². The van der Waals surface area contributed by atoms with Crippen molar-refractivity contribution in [2.45, 2.75) is 32.8 Å². The van der Waals surface area contributed by atoms with Crippen LogP contribution in [0.4, 0.5) is 0 Å². The van der Waals surface area contributed by atoms with E-state index in [1.165, 1.54) is 0 Å². The van der Waals surface area contributed by atoms with Gasteiger partial charge in [-0.25, -0.2) is 4.21 Å². The van der Waals surface area contributed by atoms with Crippen molar-refractivity contribution in [1.82, 2.24) is 0 Å². The Bertz CT molecular complexity index is 172. The molecule has 0 radical (unpaired) electrons. The van der Waals surface area contributed by atoms with Gasteiger partial charge in [-0.2, -0.15) is 0 Å². The van der Waals surface area contributed by atoms with Crippen molar-refractivity contribution in [1.29, 1.82) is 0 Å². The third kappa shape index (κ3) is 3.21. The molecule has 0 aliphatic carbocycles. The van der Waals surface area contributed by atoms with Crippen molar-refractivity contribution < 1.29 is 8.95 Å². The molecule has 4 heteroatoms. The fraction of sp³-hybridized carbons (Fsp3) is 1.00. The van der Waals surface area contributed by atoms with Crippen LogP contribution in [0, 0.1) is 5.41 Å². The molecule has 1 aliphatic heterocycles. The molecule has 0 saturated carbocycles. The largest absolute Gasteiger partial charge is 0.377 e. The minimum Gasteiger partial charge on any atom is -0.377 e. The maximum atomic E-state index is 10.7. The van der Waals surface area contributed by atoms with Gasteiger partial charge in [-0.05, 0) is 18.3 Å². The maximum absolute atomic E-state index is 10.7. The van der Waals surface area contributed by atoms with Gasteiger partial charge in [-0.3, -0.25) is 5.14 Å². The molecular formula is C8H17NO2S. The highest BCUT2D eigenvalue weighted by atomic mass is 32.2. The van der Waals surface area contributed by atoms with Crippen LogP contribution in [-0.4, -0.2) is 22.7 Å². The summed E-state index contributed by atoms with van der Waals surface area (Å²) in [4.78, 5) is 0. The van der Waals surface area contributed by atoms with Crippen molar-refractivity contribution in [3.05, 3.63) is 0 Å². The number of rotatable bonds is 2. The first-order valence-electron chi connectivity index (χ1n) is 4.24. The summed E-state index contributed by atoms with van der Waals surface area (Å²) in [6.45, 7) is 5.13. The van der Waals surface area contributed by atoms with Crippen molar-refractivity contribution in [3.8, 4) is 0 Å². The van der Waals surface area contributed by atoms with Gasteiger partial charge in [0.25, 0.3) is 0 Å². The van der Waals surface area contributed by atoms with E-state index < -0.39 is 11.0 Å². The molecule has 0 amide bonds. The fourth-order valence-electron chi connectivity index (χ4n) is 1.37. The van der Waals surface area contributed by atoms with Crippen LogP contribution in [0.2, 0.25) is 0 Å². The number of hydrogen-bond acceptors (Lipinski definition) is 2. The monoisotopic (exact) mass is 191 g/mol. The van der Waals surface area contributed by atoms with E-state index in [9.17, 15) is 4.21 Å². The van der Waals surface area contributed by atoms with Crippen LogP contribution in [0.1, 0.15) is 26.7 Å². The summed E-state index contributed by atoms with van der Waals surface area (Å²) >= 11 is 0. The van der Waals surface area contributed by atoms with Crippen LogP contribution in [0.15, 0.2) is 0 Å². The Balaban J connectivity index is 2.31. The Morgan fingerprint density at radius 1 is 1.67 bits per heavy atom. The summed E-state index contributed by atoms with van der Waals surface area (Å²) < 4.78 is 16.2. The highest BCUT2D eigenvalue weighted by molar-refractivity contribution is 7.82. The second-order valence-corrected chi connectivity index (χ2v) is 5.28. The van der Waals surface area contributed by atoms with Gasteiger partial charge < -0.3 is 4.74 Å². The molecule has 3 nitrogen and oxygen atoms in total. The number of ether oxygens (including phenoxy) is 1. The fourth-order valence-corrected chi connectivity index (χ4v) is 1.99. The summed E-state index contributed by atoms with van der Waals surface area (Å²) in [5, 5.41) is 5.18. The van der Waals surface area contributed by atoms with E-state index in [1.807, 2.05) is 0 Å². The molecule has 2 atom stereocenters. The van der Waals surface area contributed by atoms with E-state index in [0.717, 1.165) is 19.4 Å². The quantitative estimate of drug-likeness (QED) is 0.702. The Morgan fingerprint density at radius 2 is 2.33 bits per heavy atom. The van der Waals surface area contributed by atoms with Crippen LogP contribution in [-0.2, 0) is 15.7 Å². The Hall–Kier alpha value is 0.0700. The first kappa shape index (κ1) is 10.2. The predicted octanol–water partition coefficient (Wildman–Crippen LogP) is 0.814. The molecular weight excluding hydrogens is 174 g/mol. The summed E-state index contributed by atoms with van der Waals surface area (Å²) in [6, 6.07) is 0. The lowest BCUT2D eigenvalue weighted by atomic mass is 9.86. The molecule has 0 aromatic heterocycles. The molecule has 1 heterocycles. The lowest BCUT2D eigenvalue weighted by molar-refractivity contribution is -0.0367. The molecule has 12 heavy (non-hydrogen) atoms. The molecule has 2 N–H and O–H groups in total. The average molecular weight is 191 g/mol. The lowest BCUT2D eigenvalue weighted by Gasteiger charge is -2.34. The van der Waals surface area contributed by atoms with Gasteiger partial charge in [0.15, 0.2) is 0 Å². The van der Waals surface area contributed by atoms with E-state index in [2.05, 4.69) is 13.8 Å². The minimum absolute atomic E-state index is 0.115. The standard InChI is InChI=1S/C8H17NO2S/c1-8(2)4-3-7(11-6-8)5-12(9)10/h7H,3-6,9H2,1-2H3. The maximum Gasteiger partial charge on any atom is 0.0914 e. The molecule has 1 rings (SSSR count). The molecule has 0 spiro atoms. The number of nitrogens with two attached hydrogens (primary N) is 1. The highest BCUT2D eigenvalue weighted by Crippen LogP contribution is 2.29. The van der Waals surface area contributed by atoms with Crippen LogP contribution in [0.25, 0.3) is 0 Å². The summed E-state index contributed by atoms with van der Waals surface area (Å²) in [5.41, 5.74) is 0.284. The van der Waals surface area contributed by atoms with Gasteiger partial charge in [-0.1, -0.05) is 13.8 Å². The third-order valence-electron chi connectivity index (χ3n) is 2.20. The van der Waals surface area contributed by atoms with E-state index in [0.29, 0.717) is 5.75 Å². The first-order chi connectivity index (χ1) is 5.49. The average Bonchev–Trinajstić information content (AvgIpc) is 1.93. The lowest BCUT2D eigenvalue weighted by Crippen LogP contribution is -2.35. The second kappa shape index (κ2) is 3.85. The first-order valence-corrected chi connectivity index (χ1v) is 5.62. The van der Waals surface area contributed by atoms with E-state index in [4.69, 9.17) is 9.88 Å². The smallest absolute Gasteiger partial charge is 0.0914 e. The Morgan fingerprint density at radius 3 is 2.75 bits per heavy atom. The predicted molar refractivity (Wildman–Crippen MR) is 50.0 cm³/mol. The van der Waals surface area contributed by atoms with Crippen molar-refractivity contribution in [3.63, 3.8) is 0 Å². The highest BCUT2D eigenvalue weighted by Gasteiger charge is 2.27. The molecule has 0 aromatic carbocycles. The summed E-state index contributed by atoms with van der Waals surface area (Å²) in [5.74, 6) is 0.482. The van der Waals surface area contributed by atoms with Crippen LogP contribution >= 0.6 is 0 Å². The normalized spacial score (nSPS) is 31.4. The van der Waals surface area contributed by atoms with Crippen molar-refractivity contribution in [2.75, 3.05) is 12.4 Å². The van der Waals surface area contributed by atoms with Crippen molar-refractivity contribution >= 4 is 11.0 Å². The van der Waals surface area contributed by atoms with Crippen LogP contribution < -0.4 is 5.14 Å². The zero-order valence-corrected chi connectivity index (χ0v) is 8.52. The molecule has 1 fully saturated rings. The van der Waals surface area contributed by atoms with Crippen molar-refractivity contribution in [2.24, 2.45) is 10.6 Å². The van der Waals surface area contributed by atoms with Crippen LogP contribution in [0.5, 0.6) is 0 Å². The Kier molecular flexibility index (Phi) is 3.26. The van der Waals surface area contributed by atoms with Gasteiger partial charge in [0, 0.05) is 0 Å². The van der Waals surface area contributed by atoms with E-state index in [1.54, 1.807) is 0 Å². The SMILES string of the molecule is CC1(C)CCC(CS(N)=O)OC1. The van der Waals surface area contributed by atoms with Gasteiger partial charge >= 0.3 is 0 Å². The zero-order chi connectivity index (χ0) is 9.19. The van der Waals surface area contributed by atoms with Gasteiger partial charge in [0.05, 0.1) is 29.4 Å². The molecule has 72 valence electrons. The summed E-state index contributed by atoms with van der Waals surface area (Å²) in [6.07, 6.45) is 2.23. The molecule has 1 aliphatic rings. The van der Waals surface area contributed by atoms with Gasteiger partial charge in [0.1, 0.15) is 0 Å². The van der Waals surface area contributed by atoms with Crippen LogP contribution in [0.3, 0.4) is 0 Å². The third-order valence-corrected chi connectivity index (χ3v) is 2.90. The Labute approximate surface area is 76.3 Å².